The van der Waals surface area contributed by atoms with Gasteiger partial charge in [0.2, 0.25) is 0 Å². The molecule has 0 spiro atoms. The van der Waals surface area contributed by atoms with Crippen molar-refractivity contribution in [1.29, 1.82) is 0 Å². The second-order valence-electron chi connectivity index (χ2n) is 3.95. The van der Waals surface area contributed by atoms with Crippen molar-refractivity contribution in [1.82, 2.24) is 5.32 Å². The Morgan fingerprint density at radius 2 is 2.25 bits per heavy atom. The largest absolute Gasteiger partial charge is 0.480 e. The van der Waals surface area contributed by atoms with E-state index in [1.54, 1.807) is 11.8 Å². The molecule has 1 aliphatic heterocycles. The molecule has 0 bridgehead atoms. The van der Waals surface area contributed by atoms with Crippen LogP contribution in [0.1, 0.15) is 22.9 Å². The van der Waals surface area contributed by atoms with Gasteiger partial charge in [-0.2, -0.15) is 0 Å². The minimum atomic E-state index is -0.751. The maximum Gasteiger partial charge on any atom is 0.320 e. The summed E-state index contributed by atoms with van der Waals surface area (Å²) in [6, 6.07) is 7.70. The van der Waals surface area contributed by atoms with E-state index in [-0.39, 0.29) is 5.37 Å². The van der Waals surface area contributed by atoms with Gasteiger partial charge in [-0.25, -0.2) is 0 Å². The summed E-state index contributed by atoms with van der Waals surface area (Å²) in [6.07, 6.45) is 0.697. The number of aryl methyl sites for hydroxylation is 1. The Balaban J connectivity index is 2.16. The quantitative estimate of drug-likeness (QED) is 0.827. The zero-order valence-corrected chi connectivity index (χ0v) is 9.96. The number of carboxylic acids is 1. The van der Waals surface area contributed by atoms with Crippen molar-refractivity contribution < 1.29 is 9.90 Å². The summed E-state index contributed by atoms with van der Waals surface area (Å²) in [7, 11) is 0. The lowest BCUT2D eigenvalue weighted by Gasteiger charge is -2.29. The second kappa shape index (κ2) is 4.89. The summed E-state index contributed by atoms with van der Waals surface area (Å²) in [6.45, 7) is 2.06. The van der Waals surface area contributed by atoms with Gasteiger partial charge >= 0.3 is 5.97 Å². The van der Waals surface area contributed by atoms with Crippen LogP contribution in [0.3, 0.4) is 0 Å². The molecule has 2 unspecified atom stereocenters. The molecule has 1 aromatic rings. The Bertz CT molecular complexity index is 394. The van der Waals surface area contributed by atoms with Gasteiger partial charge in [0.25, 0.3) is 0 Å². The molecule has 1 fully saturated rings. The third-order valence-corrected chi connectivity index (χ3v) is 4.01. The molecule has 0 saturated carbocycles. The van der Waals surface area contributed by atoms with E-state index in [2.05, 4.69) is 24.4 Å². The minimum absolute atomic E-state index is 0.107. The number of thioether (sulfide) groups is 1. The summed E-state index contributed by atoms with van der Waals surface area (Å²) in [5.41, 5.74) is 2.40. The molecule has 1 saturated heterocycles. The molecule has 2 N–H and O–H groups in total. The molecule has 86 valence electrons. The zero-order valence-electron chi connectivity index (χ0n) is 9.14. The van der Waals surface area contributed by atoms with Crippen LogP contribution < -0.4 is 5.32 Å². The standard InChI is InChI=1S/C12H15NO2S/c1-8-4-2-3-5-9(8)11-13-10(12(14)15)6-7-16-11/h2-5,10-11,13H,6-7H2,1H3,(H,14,15). The minimum Gasteiger partial charge on any atom is -0.480 e. The molecular formula is C12H15NO2S. The summed E-state index contributed by atoms with van der Waals surface area (Å²) >= 11 is 1.78. The van der Waals surface area contributed by atoms with Crippen LogP contribution in [0.2, 0.25) is 0 Å². The Morgan fingerprint density at radius 1 is 1.50 bits per heavy atom. The Hall–Kier alpha value is -1.00. The molecule has 3 nitrogen and oxygen atoms in total. The van der Waals surface area contributed by atoms with Crippen molar-refractivity contribution in [3.63, 3.8) is 0 Å². The van der Waals surface area contributed by atoms with Gasteiger partial charge < -0.3 is 5.11 Å². The molecule has 1 aromatic carbocycles. The van der Waals surface area contributed by atoms with Crippen LogP contribution in [0.5, 0.6) is 0 Å². The van der Waals surface area contributed by atoms with Crippen LogP contribution in [-0.4, -0.2) is 22.9 Å². The van der Waals surface area contributed by atoms with E-state index in [0.29, 0.717) is 6.42 Å². The number of benzene rings is 1. The Labute approximate surface area is 99.2 Å². The van der Waals surface area contributed by atoms with Crippen molar-refractivity contribution in [3.05, 3.63) is 35.4 Å². The lowest BCUT2D eigenvalue weighted by atomic mass is 10.1. The highest BCUT2D eigenvalue weighted by Crippen LogP contribution is 2.33. The number of hydrogen-bond donors (Lipinski definition) is 2. The number of aliphatic carboxylic acids is 1. The SMILES string of the molecule is Cc1ccccc1C1NC(C(=O)O)CCS1. The lowest BCUT2D eigenvalue weighted by molar-refractivity contribution is -0.139. The van der Waals surface area contributed by atoms with Gasteiger partial charge in [-0.1, -0.05) is 24.3 Å². The van der Waals surface area contributed by atoms with Gasteiger partial charge in [-0.3, -0.25) is 10.1 Å². The van der Waals surface area contributed by atoms with Gasteiger partial charge in [0.05, 0.1) is 5.37 Å². The third-order valence-electron chi connectivity index (χ3n) is 2.81. The van der Waals surface area contributed by atoms with Crippen LogP contribution in [0.15, 0.2) is 24.3 Å². The van der Waals surface area contributed by atoms with E-state index in [1.165, 1.54) is 11.1 Å². The third kappa shape index (κ3) is 2.39. The van der Waals surface area contributed by atoms with Crippen molar-refractivity contribution >= 4 is 17.7 Å². The maximum absolute atomic E-state index is 10.9. The molecular weight excluding hydrogens is 222 g/mol. The molecule has 2 atom stereocenters. The van der Waals surface area contributed by atoms with Crippen molar-refractivity contribution in [3.8, 4) is 0 Å². The maximum atomic E-state index is 10.9. The first-order valence-electron chi connectivity index (χ1n) is 5.34. The highest BCUT2D eigenvalue weighted by Gasteiger charge is 2.27. The van der Waals surface area contributed by atoms with Crippen molar-refractivity contribution in [2.75, 3.05) is 5.75 Å². The van der Waals surface area contributed by atoms with Crippen LogP contribution >= 0.6 is 11.8 Å². The van der Waals surface area contributed by atoms with E-state index < -0.39 is 12.0 Å². The molecule has 2 rings (SSSR count). The summed E-state index contributed by atoms with van der Waals surface area (Å²) in [5.74, 6) is 0.141. The fraction of sp³-hybridized carbons (Fsp3) is 0.417. The molecule has 0 aliphatic carbocycles. The van der Waals surface area contributed by atoms with Gasteiger partial charge in [-0.05, 0) is 30.2 Å². The van der Waals surface area contributed by atoms with Gasteiger partial charge in [0, 0.05) is 0 Å². The molecule has 0 aromatic heterocycles. The predicted molar refractivity (Wildman–Crippen MR) is 65.6 cm³/mol. The molecule has 4 heteroatoms. The highest BCUT2D eigenvalue weighted by atomic mass is 32.2. The molecule has 0 amide bonds. The predicted octanol–water partition coefficient (Wildman–Crippen LogP) is 2.17. The van der Waals surface area contributed by atoms with Gasteiger partial charge in [0.1, 0.15) is 6.04 Å². The lowest BCUT2D eigenvalue weighted by Crippen LogP contribution is -2.41. The molecule has 16 heavy (non-hydrogen) atoms. The van der Waals surface area contributed by atoms with E-state index >= 15 is 0 Å². The first kappa shape index (κ1) is 11.5. The van der Waals surface area contributed by atoms with Crippen molar-refractivity contribution in [2.24, 2.45) is 0 Å². The Morgan fingerprint density at radius 3 is 2.94 bits per heavy atom. The summed E-state index contributed by atoms with van der Waals surface area (Å²) in [5, 5.41) is 12.3. The average molecular weight is 237 g/mol. The fourth-order valence-electron chi connectivity index (χ4n) is 1.87. The topological polar surface area (TPSA) is 49.3 Å². The van der Waals surface area contributed by atoms with Gasteiger partial charge in [-0.15, -0.1) is 11.8 Å². The number of carboxylic acid groups (broad SMARTS) is 1. The zero-order chi connectivity index (χ0) is 11.5. The van der Waals surface area contributed by atoms with Crippen molar-refractivity contribution in [2.45, 2.75) is 24.8 Å². The monoisotopic (exact) mass is 237 g/mol. The summed E-state index contributed by atoms with van der Waals surface area (Å²) < 4.78 is 0. The van der Waals surface area contributed by atoms with E-state index in [4.69, 9.17) is 5.11 Å². The van der Waals surface area contributed by atoms with Crippen LogP contribution in [0.25, 0.3) is 0 Å². The van der Waals surface area contributed by atoms with E-state index in [9.17, 15) is 4.79 Å². The van der Waals surface area contributed by atoms with E-state index in [0.717, 1.165) is 5.75 Å². The summed E-state index contributed by atoms with van der Waals surface area (Å²) in [4.78, 5) is 10.9. The van der Waals surface area contributed by atoms with Gasteiger partial charge in [0.15, 0.2) is 0 Å². The number of hydrogen-bond acceptors (Lipinski definition) is 3. The molecule has 1 aliphatic rings. The first-order valence-corrected chi connectivity index (χ1v) is 6.39. The average Bonchev–Trinajstić information content (AvgIpc) is 2.30. The van der Waals surface area contributed by atoms with Crippen LogP contribution in [0.4, 0.5) is 0 Å². The molecule has 1 heterocycles. The van der Waals surface area contributed by atoms with Crippen LogP contribution in [0, 0.1) is 6.92 Å². The van der Waals surface area contributed by atoms with E-state index in [1.807, 2.05) is 12.1 Å². The second-order valence-corrected chi connectivity index (χ2v) is 5.17. The number of nitrogens with one attached hydrogen (secondary N) is 1. The first-order chi connectivity index (χ1) is 7.68. The molecule has 0 radical (unpaired) electrons. The Kier molecular flexibility index (Phi) is 3.51. The normalized spacial score (nSPS) is 25.3. The fourth-order valence-corrected chi connectivity index (χ4v) is 3.19. The number of carbonyl (C=O) groups is 1. The highest BCUT2D eigenvalue weighted by molar-refractivity contribution is 7.99. The number of rotatable bonds is 2. The smallest absolute Gasteiger partial charge is 0.320 e. The van der Waals surface area contributed by atoms with Crippen LogP contribution in [-0.2, 0) is 4.79 Å².